The van der Waals surface area contributed by atoms with Crippen LogP contribution < -0.4 is 10.1 Å². The fourth-order valence-electron chi connectivity index (χ4n) is 1.82. The third kappa shape index (κ3) is 8.61. The fraction of sp³-hybridized carbons (Fsp3) is 0.562. The van der Waals surface area contributed by atoms with E-state index in [1.165, 1.54) is 18.6 Å². The summed E-state index contributed by atoms with van der Waals surface area (Å²) in [5.74, 6) is 1.89. The predicted octanol–water partition coefficient (Wildman–Crippen LogP) is 2.42. The molecule has 1 aromatic rings. The highest BCUT2D eigenvalue weighted by molar-refractivity contribution is 7.98. The topological polar surface area (TPSA) is 65.3 Å². The molecule has 1 rings (SSSR count). The smallest absolute Gasteiger partial charge is 0.119 e. The van der Waals surface area contributed by atoms with Crippen molar-refractivity contribution in [2.24, 2.45) is 0 Å². The van der Waals surface area contributed by atoms with E-state index in [0.717, 1.165) is 13.0 Å². The van der Waals surface area contributed by atoms with E-state index in [9.17, 15) is 5.11 Å². The summed E-state index contributed by atoms with van der Waals surface area (Å²) in [5, 5.41) is 21.7. The normalized spacial score (nSPS) is 11.9. The van der Waals surface area contributed by atoms with Crippen molar-refractivity contribution in [3.8, 4) is 11.8 Å². The second kappa shape index (κ2) is 11.4. The Morgan fingerprint density at radius 1 is 1.29 bits per heavy atom. The van der Waals surface area contributed by atoms with Gasteiger partial charge in [-0.3, -0.25) is 0 Å². The van der Waals surface area contributed by atoms with E-state index < -0.39 is 6.10 Å². The number of rotatable bonds is 11. The molecule has 0 spiro atoms. The summed E-state index contributed by atoms with van der Waals surface area (Å²) >= 11 is 1.88. The van der Waals surface area contributed by atoms with E-state index in [-0.39, 0.29) is 6.61 Å². The molecular weight excluding hydrogens is 284 g/mol. The Labute approximate surface area is 131 Å². The lowest BCUT2D eigenvalue weighted by atomic mass is 10.2. The molecule has 0 fully saturated rings. The standard InChI is InChI=1S/C16H24N2O2S/c1-21-10-4-2-3-9-18-12-15(19)13-20-16-7-5-14(11-17)6-8-16/h5-8,15,18-19H,2-4,9-10,12-13H2,1H3. The molecule has 0 radical (unpaired) electrons. The molecule has 1 aromatic carbocycles. The molecule has 21 heavy (non-hydrogen) atoms. The van der Waals surface area contributed by atoms with Gasteiger partial charge in [0.1, 0.15) is 18.5 Å². The molecule has 0 heterocycles. The van der Waals surface area contributed by atoms with Crippen molar-refractivity contribution < 1.29 is 9.84 Å². The molecule has 1 atom stereocenters. The van der Waals surface area contributed by atoms with E-state index in [0.29, 0.717) is 17.9 Å². The van der Waals surface area contributed by atoms with E-state index in [2.05, 4.69) is 17.6 Å². The Morgan fingerprint density at radius 3 is 2.71 bits per heavy atom. The number of aliphatic hydroxyl groups excluding tert-OH is 1. The molecule has 0 aliphatic rings. The fourth-order valence-corrected chi connectivity index (χ4v) is 2.31. The summed E-state index contributed by atoms with van der Waals surface area (Å²) in [5.41, 5.74) is 0.603. The number of nitrogens with zero attached hydrogens (tertiary/aromatic N) is 1. The van der Waals surface area contributed by atoms with Crippen LogP contribution in [-0.4, -0.2) is 42.9 Å². The Kier molecular flexibility index (Phi) is 9.71. The maximum Gasteiger partial charge on any atom is 0.119 e. The molecule has 0 bridgehead atoms. The van der Waals surface area contributed by atoms with Crippen LogP contribution in [0.3, 0.4) is 0 Å². The monoisotopic (exact) mass is 308 g/mol. The highest BCUT2D eigenvalue weighted by Crippen LogP contribution is 2.11. The van der Waals surface area contributed by atoms with E-state index in [1.54, 1.807) is 24.3 Å². The largest absolute Gasteiger partial charge is 0.491 e. The van der Waals surface area contributed by atoms with Crippen LogP contribution in [0, 0.1) is 11.3 Å². The van der Waals surface area contributed by atoms with Gasteiger partial charge < -0.3 is 15.2 Å². The third-order valence-electron chi connectivity index (χ3n) is 3.01. The SMILES string of the molecule is CSCCCCCNCC(O)COc1ccc(C#N)cc1. The lowest BCUT2D eigenvalue weighted by Crippen LogP contribution is -2.32. The van der Waals surface area contributed by atoms with Crippen molar-refractivity contribution in [3.63, 3.8) is 0 Å². The molecule has 0 saturated heterocycles. The summed E-state index contributed by atoms with van der Waals surface area (Å²) < 4.78 is 5.48. The average Bonchev–Trinajstić information content (AvgIpc) is 2.52. The van der Waals surface area contributed by atoms with Gasteiger partial charge in [0, 0.05) is 6.54 Å². The first kappa shape index (κ1) is 17.8. The Hall–Kier alpha value is -1.22. The highest BCUT2D eigenvalue weighted by atomic mass is 32.2. The highest BCUT2D eigenvalue weighted by Gasteiger charge is 2.04. The summed E-state index contributed by atoms with van der Waals surface area (Å²) in [6.07, 6.45) is 5.23. The molecule has 0 aromatic heterocycles. The van der Waals surface area contributed by atoms with Crippen molar-refractivity contribution in [2.45, 2.75) is 25.4 Å². The van der Waals surface area contributed by atoms with Crippen LogP contribution in [0.15, 0.2) is 24.3 Å². The minimum absolute atomic E-state index is 0.255. The van der Waals surface area contributed by atoms with Crippen LogP contribution in [0.4, 0.5) is 0 Å². The quantitative estimate of drug-likeness (QED) is 0.615. The number of thioether (sulfide) groups is 1. The molecule has 0 amide bonds. The minimum atomic E-state index is -0.521. The summed E-state index contributed by atoms with van der Waals surface area (Å²) in [7, 11) is 0. The zero-order chi connectivity index (χ0) is 15.3. The van der Waals surface area contributed by atoms with Crippen molar-refractivity contribution in [1.82, 2.24) is 5.32 Å². The average molecular weight is 308 g/mol. The van der Waals surface area contributed by atoms with Crippen LogP contribution in [-0.2, 0) is 0 Å². The third-order valence-corrected chi connectivity index (χ3v) is 3.70. The first-order chi connectivity index (χ1) is 10.3. The second-order valence-electron chi connectivity index (χ2n) is 4.86. The van der Waals surface area contributed by atoms with Crippen LogP contribution in [0.25, 0.3) is 0 Å². The predicted molar refractivity (Wildman–Crippen MR) is 87.8 cm³/mol. The van der Waals surface area contributed by atoms with Crippen LogP contribution >= 0.6 is 11.8 Å². The molecule has 0 aliphatic carbocycles. The first-order valence-electron chi connectivity index (χ1n) is 7.27. The lowest BCUT2D eigenvalue weighted by Gasteiger charge is -2.13. The molecule has 1 unspecified atom stereocenters. The van der Waals surface area contributed by atoms with Gasteiger partial charge in [-0.05, 0) is 55.7 Å². The number of hydrogen-bond donors (Lipinski definition) is 2. The van der Waals surface area contributed by atoms with E-state index >= 15 is 0 Å². The molecule has 4 nitrogen and oxygen atoms in total. The number of nitrogens with one attached hydrogen (secondary N) is 1. The van der Waals surface area contributed by atoms with Crippen molar-refractivity contribution >= 4 is 11.8 Å². The first-order valence-corrected chi connectivity index (χ1v) is 8.66. The van der Waals surface area contributed by atoms with Crippen molar-refractivity contribution in [3.05, 3.63) is 29.8 Å². The number of nitriles is 1. The van der Waals surface area contributed by atoms with E-state index in [4.69, 9.17) is 10.00 Å². The van der Waals surface area contributed by atoms with E-state index in [1.807, 2.05) is 11.8 Å². The maximum absolute atomic E-state index is 9.81. The number of benzene rings is 1. The molecule has 5 heteroatoms. The van der Waals surface area contributed by atoms with Gasteiger partial charge in [-0.1, -0.05) is 6.42 Å². The molecular formula is C16H24N2O2S. The van der Waals surface area contributed by atoms with Gasteiger partial charge in [-0.15, -0.1) is 0 Å². The van der Waals surface area contributed by atoms with Gasteiger partial charge in [0.2, 0.25) is 0 Å². The zero-order valence-corrected chi connectivity index (χ0v) is 13.4. The van der Waals surface area contributed by atoms with Gasteiger partial charge in [0.25, 0.3) is 0 Å². The number of aliphatic hydroxyl groups is 1. The van der Waals surface area contributed by atoms with Gasteiger partial charge in [-0.25, -0.2) is 0 Å². The molecule has 0 saturated carbocycles. The van der Waals surface area contributed by atoms with Crippen molar-refractivity contribution in [1.29, 1.82) is 5.26 Å². The second-order valence-corrected chi connectivity index (χ2v) is 5.84. The Balaban J connectivity index is 2.05. The number of hydrogen-bond acceptors (Lipinski definition) is 5. The molecule has 2 N–H and O–H groups in total. The molecule has 116 valence electrons. The Morgan fingerprint density at radius 2 is 2.05 bits per heavy atom. The van der Waals surface area contributed by atoms with Gasteiger partial charge >= 0.3 is 0 Å². The van der Waals surface area contributed by atoms with Gasteiger partial charge in [0.05, 0.1) is 11.6 Å². The lowest BCUT2D eigenvalue weighted by molar-refractivity contribution is 0.106. The maximum atomic E-state index is 9.81. The molecule has 0 aliphatic heterocycles. The number of unbranched alkanes of at least 4 members (excludes halogenated alkanes) is 2. The minimum Gasteiger partial charge on any atom is -0.491 e. The zero-order valence-electron chi connectivity index (χ0n) is 12.5. The van der Waals surface area contributed by atoms with Crippen LogP contribution in [0.1, 0.15) is 24.8 Å². The van der Waals surface area contributed by atoms with Gasteiger partial charge in [0.15, 0.2) is 0 Å². The van der Waals surface area contributed by atoms with Gasteiger partial charge in [-0.2, -0.15) is 17.0 Å². The Bertz CT molecular complexity index is 417. The van der Waals surface area contributed by atoms with Crippen LogP contribution in [0.5, 0.6) is 5.75 Å². The van der Waals surface area contributed by atoms with Crippen molar-refractivity contribution in [2.75, 3.05) is 31.7 Å². The number of ether oxygens (including phenoxy) is 1. The summed E-state index contributed by atoms with van der Waals surface area (Å²) in [4.78, 5) is 0. The summed E-state index contributed by atoms with van der Waals surface area (Å²) in [6.45, 7) is 1.73. The van der Waals surface area contributed by atoms with Crippen LogP contribution in [0.2, 0.25) is 0 Å². The summed E-state index contributed by atoms with van der Waals surface area (Å²) in [6, 6.07) is 8.94.